The lowest BCUT2D eigenvalue weighted by Crippen LogP contribution is -2.43. The van der Waals surface area contributed by atoms with Crippen molar-refractivity contribution >= 4 is 37.4 Å². The van der Waals surface area contributed by atoms with Gasteiger partial charge in [0.2, 0.25) is 8.32 Å². The van der Waals surface area contributed by atoms with Crippen molar-refractivity contribution < 1.29 is 13.6 Å². The van der Waals surface area contributed by atoms with E-state index in [0.717, 1.165) is 21.7 Å². The highest BCUT2D eigenvalue weighted by atomic mass is 32.2. The van der Waals surface area contributed by atoms with Crippen LogP contribution in [-0.2, 0) is 0 Å². The van der Waals surface area contributed by atoms with Gasteiger partial charge in [0.25, 0.3) is 0 Å². The highest BCUT2D eigenvalue weighted by Gasteiger charge is 2.39. The Bertz CT molecular complexity index is 909. The van der Waals surface area contributed by atoms with Crippen molar-refractivity contribution in [1.29, 1.82) is 0 Å². The SMILES string of the molecule is CC(C)(C)[Si](C)(C)Oc1ccc2nc(Sc3ccoc3C=O)[nH]c2c1. The first-order chi connectivity index (χ1) is 11.7. The highest BCUT2D eigenvalue weighted by molar-refractivity contribution is 7.99. The van der Waals surface area contributed by atoms with E-state index in [-0.39, 0.29) is 5.04 Å². The number of aromatic amines is 1. The van der Waals surface area contributed by atoms with Crippen LogP contribution in [0.3, 0.4) is 0 Å². The summed E-state index contributed by atoms with van der Waals surface area (Å²) >= 11 is 1.37. The fraction of sp³-hybridized carbons (Fsp3) is 0.333. The van der Waals surface area contributed by atoms with Crippen LogP contribution in [0.15, 0.2) is 45.0 Å². The number of aldehydes is 1. The Morgan fingerprint density at radius 3 is 2.72 bits per heavy atom. The van der Waals surface area contributed by atoms with E-state index in [4.69, 9.17) is 8.84 Å². The summed E-state index contributed by atoms with van der Waals surface area (Å²) in [7, 11) is -1.88. The van der Waals surface area contributed by atoms with E-state index in [1.807, 2.05) is 18.2 Å². The van der Waals surface area contributed by atoms with Crippen LogP contribution in [0.5, 0.6) is 5.75 Å². The number of fused-ring (bicyclic) bond motifs is 1. The molecule has 1 aromatic carbocycles. The lowest BCUT2D eigenvalue weighted by atomic mass is 10.2. The first-order valence-corrected chi connectivity index (χ1v) is 11.8. The number of hydrogen-bond acceptors (Lipinski definition) is 5. The molecule has 132 valence electrons. The quantitative estimate of drug-likeness (QED) is 0.471. The molecule has 0 amide bonds. The number of nitrogens with one attached hydrogen (secondary N) is 1. The smallest absolute Gasteiger partial charge is 0.250 e. The summed E-state index contributed by atoms with van der Waals surface area (Å²) in [5, 5.41) is 0.854. The Labute approximate surface area is 152 Å². The van der Waals surface area contributed by atoms with Gasteiger partial charge >= 0.3 is 0 Å². The minimum Gasteiger partial charge on any atom is -0.543 e. The van der Waals surface area contributed by atoms with E-state index in [1.165, 1.54) is 18.0 Å². The molecule has 0 unspecified atom stereocenters. The monoisotopic (exact) mass is 374 g/mol. The maximum absolute atomic E-state index is 11.0. The molecule has 0 aliphatic rings. The third kappa shape index (κ3) is 3.67. The van der Waals surface area contributed by atoms with Crippen LogP contribution in [0.2, 0.25) is 18.1 Å². The molecule has 5 nitrogen and oxygen atoms in total. The molecule has 0 bridgehead atoms. The summed E-state index contributed by atoms with van der Waals surface area (Å²) in [6.45, 7) is 11.1. The van der Waals surface area contributed by atoms with Crippen LogP contribution in [-0.4, -0.2) is 24.6 Å². The van der Waals surface area contributed by atoms with E-state index in [0.29, 0.717) is 17.2 Å². The summed E-state index contributed by atoms with van der Waals surface area (Å²) in [6.07, 6.45) is 2.20. The molecule has 2 heterocycles. The maximum atomic E-state index is 11.0. The number of carbonyl (C=O) groups excluding carboxylic acids is 1. The van der Waals surface area contributed by atoms with Gasteiger partial charge in [-0.2, -0.15) is 0 Å². The molecule has 3 rings (SSSR count). The molecule has 2 aromatic heterocycles. The topological polar surface area (TPSA) is 68.1 Å². The van der Waals surface area contributed by atoms with Gasteiger partial charge in [0.05, 0.1) is 22.2 Å². The van der Waals surface area contributed by atoms with E-state index in [1.54, 1.807) is 6.07 Å². The van der Waals surface area contributed by atoms with Gasteiger partial charge in [-0.3, -0.25) is 4.79 Å². The predicted octanol–water partition coefficient (Wildman–Crippen LogP) is 5.50. The molecule has 0 fully saturated rings. The largest absolute Gasteiger partial charge is 0.543 e. The zero-order valence-corrected chi connectivity index (χ0v) is 16.9. The molecule has 0 saturated carbocycles. The third-order valence-corrected chi connectivity index (χ3v) is 9.88. The molecule has 0 aliphatic carbocycles. The molecule has 0 radical (unpaired) electrons. The Morgan fingerprint density at radius 2 is 2.04 bits per heavy atom. The predicted molar refractivity (Wildman–Crippen MR) is 102 cm³/mol. The Kier molecular flexibility index (Phi) is 4.55. The molecule has 0 atom stereocenters. The van der Waals surface area contributed by atoms with E-state index in [2.05, 4.69) is 43.8 Å². The van der Waals surface area contributed by atoms with Crippen molar-refractivity contribution in [3.05, 3.63) is 36.3 Å². The Hall–Kier alpha value is -1.99. The number of aromatic nitrogens is 2. The van der Waals surface area contributed by atoms with Gasteiger partial charge in [-0.05, 0) is 48.1 Å². The van der Waals surface area contributed by atoms with Gasteiger partial charge in [0, 0.05) is 6.07 Å². The average Bonchev–Trinajstić information content (AvgIpc) is 3.11. The zero-order chi connectivity index (χ0) is 18.2. The molecule has 0 saturated heterocycles. The van der Waals surface area contributed by atoms with Crippen LogP contribution in [0, 0.1) is 0 Å². The number of hydrogen-bond donors (Lipinski definition) is 1. The summed E-state index contributed by atoms with van der Waals surface area (Å²) in [5.41, 5.74) is 1.77. The molecule has 0 spiro atoms. The van der Waals surface area contributed by atoms with Gasteiger partial charge in [-0.1, -0.05) is 20.8 Å². The Balaban J connectivity index is 1.86. The van der Waals surface area contributed by atoms with Gasteiger partial charge in [-0.25, -0.2) is 4.98 Å². The molecular weight excluding hydrogens is 352 g/mol. The number of imidazole rings is 1. The molecule has 25 heavy (non-hydrogen) atoms. The van der Waals surface area contributed by atoms with Gasteiger partial charge in [0.15, 0.2) is 17.2 Å². The lowest BCUT2D eigenvalue weighted by Gasteiger charge is -2.36. The minimum absolute atomic E-state index is 0.142. The van der Waals surface area contributed by atoms with E-state index in [9.17, 15) is 4.79 Å². The second-order valence-electron chi connectivity index (χ2n) is 7.45. The molecule has 3 aromatic rings. The van der Waals surface area contributed by atoms with Crippen molar-refractivity contribution in [3.63, 3.8) is 0 Å². The second kappa shape index (κ2) is 6.38. The molecule has 7 heteroatoms. The molecular formula is C18H22N2O3SSi. The maximum Gasteiger partial charge on any atom is 0.250 e. The van der Waals surface area contributed by atoms with Gasteiger partial charge < -0.3 is 13.8 Å². The number of carbonyl (C=O) groups is 1. The van der Waals surface area contributed by atoms with Crippen molar-refractivity contribution in [2.24, 2.45) is 0 Å². The van der Waals surface area contributed by atoms with E-state index >= 15 is 0 Å². The van der Waals surface area contributed by atoms with Crippen LogP contribution >= 0.6 is 11.8 Å². The average molecular weight is 375 g/mol. The molecule has 1 N–H and O–H groups in total. The van der Waals surface area contributed by atoms with Crippen LogP contribution in [0.1, 0.15) is 31.3 Å². The van der Waals surface area contributed by atoms with Gasteiger partial charge in [0.1, 0.15) is 5.75 Å². The number of H-pyrrole nitrogens is 1. The van der Waals surface area contributed by atoms with Crippen molar-refractivity contribution in [2.45, 2.75) is 49.0 Å². The minimum atomic E-state index is -1.88. The van der Waals surface area contributed by atoms with Crippen molar-refractivity contribution in [1.82, 2.24) is 9.97 Å². The van der Waals surface area contributed by atoms with Crippen molar-refractivity contribution in [2.75, 3.05) is 0 Å². The number of furan rings is 1. The van der Waals surface area contributed by atoms with Crippen molar-refractivity contribution in [3.8, 4) is 5.75 Å². The number of benzene rings is 1. The van der Waals surface area contributed by atoms with Crippen LogP contribution in [0.25, 0.3) is 11.0 Å². The first-order valence-electron chi connectivity index (χ1n) is 8.09. The number of nitrogens with zero attached hydrogens (tertiary/aromatic N) is 1. The normalized spacial score (nSPS) is 12.5. The standard InChI is InChI=1S/C18H22N2O3SSi/c1-18(2,3)25(4,5)23-12-6-7-13-14(10-12)20-17(19-13)24-16-8-9-22-15(16)11-21/h6-11H,1-5H3,(H,19,20). The zero-order valence-electron chi connectivity index (χ0n) is 15.0. The Morgan fingerprint density at radius 1 is 1.28 bits per heavy atom. The summed E-state index contributed by atoms with van der Waals surface area (Å²) in [6, 6.07) is 7.66. The first kappa shape index (κ1) is 17.8. The second-order valence-corrected chi connectivity index (χ2v) is 13.2. The lowest BCUT2D eigenvalue weighted by molar-refractivity contribution is 0.109. The van der Waals surface area contributed by atoms with Crippen LogP contribution in [0.4, 0.5) is 0 Å². The third-order valence-electron chi connectivity index (χ3n) is 4.58. The summed E-state index contributed by atoms with van der Waals surface area (Å²) in [4.78, 5) is 19.5. The highest BCUT2D eigenvalue weighted by Crippen LogP contribution is 2.38. The fourth-order valence-corrected chi connectivity index (χ4v) is 3.96. The number of rotatable bonds is 5. The molecule has 0 aliphatic heterocycles. The van der Waals surface area contributed by atoms with Crippen LogP contribution < -0.4 is 4.43 Å². The summed E-state index contributed by atoms with van der Waals surface area (Å²) < 4.78 is 11.5. The van der Waals surface area contributed by atoms with E-state index < -0.39 is 8.32 Å². The van der Waals surface area contributed by atoms with Gasteiger partial charge in [-0.15, -0.1) is 0 Å². The summed E-state index contributed by atoms with van der Waals surface area (Å²) in [5.74, 6) is 1.17. The fourth-order valence-electron chi connectivity index (χ4n) is 2.11.